The second-order valence-electron chi connectivity index (χ2n) is 6.65. The number of carboxylic acids is 1. The summed E-state index contributed by atoms with van der Waals surface area (Å²) in [5.41, 5.74) is 1.79. The van der Waals surface area contributed by atoms with E-state index in [-0.39, 0.29) is 23.3 Å². The first kappa shape index (κ1) is 16.7. The molecule has 1 amide bonds. The molecule has 2 N–H and O–H groups in total. The van der Waals surface area contributed by atoms with Crippen LogP contribution in [0.3, 0.4) is 0 Å². The molecule has 122 valence electrons. The number of carbonyl (C=O) groups is 2. The molecule has 0 aliphatic rings. The highest BCUT2D eigenvalue weighted by molar-refractivity contribution is 5.91. The van der Waals surface area contributed by atoms with Gasteiger partial charge in [-0.25, -0.2) is 4.79 Å². The number of anilines is 1. The Morgan fingerprint density at radius 2 is 1.87 bits per heavy atom. The van der Waals surface area contributed by atoms with E-state index in [4.69, 9.17) is 9.63 Å². The second kappa shape index (κ2) is 6.64. The van der Waals surface area contributed by atoms with Crippen molar-refractivity contribution in [1.29, 1.82) is 0 Å². The molecule has 6 heteroatoms. The van der Waals surface area contributed by atoms with Crippen LogP contribution in [0.25, 0.3) is 0 Å². The minimum absolute atomic E-state index is 0.0873. The average Bonchev–Trinajstić information content (AvgIpc) is 2.84. The van der Waals surface area contributed by atoms with E-state index in [1.807, 2.05) is 0 Å². The number of aromatic nitrogens is 1. The summed E-state index contributed by atoms with van der Waals surface area (Å²) in [6.45, 7) is 6.29. The third kappa shape index (κ3) is 5.25. The van der Waals surface area contributed by atoms with Gasteiger partial charge in [0.1, 0.15) is 0 Å². The lowest BCUT2D eigenvalue weighted by atomic mass is 9.91. The Bertz CT molecular complexity index is 696. The Kier molecular flexibility index (Phi) is 4.83. The minimum atomic E-state index is -0.992. The quantitative estimate of drug-likeness (QED) is 0.884. The topological polar surface area (TPSA) is 92.4 Å². The molecule has 1 aromatic carbocycles. The third-order valence-electron chi connectivity index (χ3n) is 3.10. The Labute approximate surface area is 134 Å². The van der Waals surface area contributed by atoms with Gasteiger partial charge in [0, 0.05) is 6.07 Å². The third-order valence-corrected chi connectivity index (χ3v) is 3.10. The van der Waals surface area contributed by atoms with Crippen molar-refractivity contribution in [3.63, 3.8) is 0 Å². The van der Waals surface area contributed by atoms with Gasteiger partial charge in [-0.15, -0.1) is 0 Å². The van der Waals surface area contributed by atoms with Crippen LogP contribution in [0.15, 0.2) is 34.9 Å². The zero-order chi connectivity index (χ0) is 17.0. The highest BCUT2D eigenvalue weighted by Gasteiger charge is 2.16. The molecule has 0 aliphatic carbocycles. The van der Waals surface area contributed by atoms with Gasteiger partial charge >= 0.3 is 5.97 Å². The number of nitrogens with zero attached hydrogens (tertiary/aromatic N) is 1. The van der Waals surface area contributed by atoms with Crippen LogP contribution in [-0.2, 0) is 17.6 Å². The normalized spacial score (nSPS) is 11.3. The van der Waals surface area contributed by atoms with E-state index >= 15 is 0 Å². The van der Waals surface area contributed by atoms with E-state index in [9.17, 15) is 9.59 Å². The molecule has 0 saturated carbocycles. The van der Waals surface area contributed by atoms with Crippen LogP contribution >= 0.6 is 0 Å². The van der Waals surface area contributed by atoms with Crippen LogP contribution in [-0.4, -0.2) is 22.1 Å². The Balaban J connectivity index is 1.93. The van der Waals surface area contributed by atoms with Gasteiger partial charge in [0.15, 0.2) is 0 Å². The van der Waals surface area contributed by atoms with E-state index in [1.54, 1.807) is 18.2 Å². The standard InChI is InChI=1S/C17H20N2O4/c1-17(2,3)10-13-9-15(23-19-13)18-14(20)8-11-4-6-12(7-5-11)16(21)22/h4-7,9H,8,10H2,1-3H3,(H,18,20)(H,21,22). The maximum absolute atomic E-state index is 12.0. The van der Waals surface area contributed by atoms with Crippen LogP contribution in [0.1, 0.15) is 42.4 Å². The van der Waals surface area contributed by atoms with Gasteiger partial charge in [-0.05, 0) is 29.5 Å². The van der Waals surface area contributed by atoms with Crippen molar-refractivity contribution in [2.24, 2.45) is 5.41 Å². The van der Waals surface area contributed by atoms with Gasteiger partial charge in [-0.2, -0.15) is 0 Å². The van der Waals surface area contributed by atoms with E-state index in [0.717, 1.165) is 17.7 Å². The van der Waals surface area contributed by atoms with Crippen molar-refractivity contribution in [2.75, 3.05) is 5.32 Å². The number of hydrogen-bond donors (Lipinski definition) is 2. The lowest BCUT2D eigenvalue weighted by Gasteiger charge is -2.14. The average molecular weight is 316 g/mol. The van der Waals surface area contributed by atoms with Crippen LogP contribution in [0.5, 0.6) is 0 Å². The van der Waals surface area contributed by atoms with Crippen molar-refractivity contribution in [1.82, 2.24) is 5.16 Å². The number of benzene rings is 1. The van der Waals surface area contributed by atoms with Crippen molar-refractivity contribution < 1.29 is 19.2 Å². The number of carbonyl (C=O) groups excluding carboxylic acids is 1. The zero-order valence-electron chi connectivity index (χ0n) is 13.4. The molecule has 6 nitrogen and oxygen atoms in total. The number of carboxylic acid groups (broad SMARTS) is 1. The molecule has 0 fully saturated rings. The molecule has 1 aromatic heterocycles. The van der Waals surface area contributed by atoms with Gasteiger partial charge in [-0.3, -0.25) is 10.1 Å². The highest BCUT2D eigenvalue weighted by Crippen LogP contribution is 2.21. The van der Waals surface area contributed by atoms with Gasteiger partial charge < -0.3 is 9.63 Å². The van der Waals surface area contributed by atoms with Crippen molar-refractivity contribution in [3.8, 4) is 0 Å². The van der Waals surface area contributed by atoms with Crippen molar-refractivity contribution in [2.45, 2.75) is 33.6 Å². The first-order valence-corrected chi connectivity index (χ1v) is 7.31. The summed E-state index contributed by atoms with van der Waals surface area (Å²) < 4.78 is 5.11. The molecule has 0 bridgehead atoms. The highest BCUT2D eigenvalue weighted by atomic mass is 16.5. The molecule has 0 atom stereocenters. The summed E-state index contributed by atoms with van der Waals surface area (Å²) in [5.74, 6) is -0.919. The summed E-state index contributed by atoms with van der Waals surface area (Å²) in [4.78, 5) is 22.8. The summed E-state index contributed by atoms with van der Waals surface area (Å²) >= 11 is 0. The van der Waals surface area contributed by atoms with E-state index in [0.29, 0.717) is 5.88 Å². The lowest BCUT2D eigenvalue weighted by Crippen LogP contribution is -2.14. The molecule has 0 aliphatic heterocycles. The van der Waals surface area contributed by atoms with Crippen LogP contribution in [0, 0.1) is 5.41 Å². The molecule has 2 rings (SSSR count). The largest absolute Gasteiger partial charge is 0.478 e. The van der Waals surface area contributed by atoms with Gasteiger partial charge in [-0.1, -0.05) is 38.1 Å². The summed E-state index contributed by atoms with van der Waals surface area (Å²) in [5, 5.41) is 15.4. The van der Waals surface area contributed by atoms with E-state index in [2.05, 4.69) is 31.2 Å². The lowest BCUT2D eigenvalue weighted by molar-refractivity contribution is -0.115. The van der Waals surface area contributed by atoms with Gasteiger partial charge in [0.25, 0.3) is 0 Å². The Morgan fingerprint density at radius 3 is 2.43 bits per heavy atom. The van der Waals surface area contributed by atoms with E-state index in [1.165, 1.54) is 12.1 Å². The van der Waals surface area contributed by atoms with Gasteiger partial charge in [0.05, 0.1) is 17.7 Å². The predicted octanol–water partition coefficient (Wildman–Crippen LogP) is 3.14. The SMILES string of the molecule is CC(C)(C)Cc1cc(NC(=O)Cc2ccc(C(=O)O)cc2)on1. The smallest absolute Gasteiger partial charge is 0.335 e. The maximum atomic E-state index is 12.0. The molecule has 0 saturated heterocycles. The monoisotopic (exact) mass is 316 g/mol. The number of aromatic carboxylic acids is 1. The summed E-state index contributed by atoms with van der Waals surface area (Å²) in [6.07, 6.45) is 0.887. The Morgan fingerprint density at radius 1 is 1.22 bits per heavy atom. The van der Waals surface area contributed by atoms with Gasteiger partial charge in [0.2, 0.25) is 11.8 Å². The zero-order valence-corrected chi connectivity index (χ0v) is 13.4. The fraction of sp³-hybridized carbons (Fsp3) is 0.353. The first-order valence-electron chi connectivity index (χ1n) is 7.31. The Hall–Kier alpha value is -2.63. The second-order valence-corrected chi connectivity index (χ2v) is 6.65. The molecule has 0 spiro atoms. The minimum Gasteiger partial charge on any atom is -0.478 e. The number of rotatable bonds is 5. The van der Waals surface area contributed by atoms with Crippen LogP contribution < -0.4 is 5.32 Å². The molecule has 2 aromatic rings. The summed E-state index contributed by atoms with van der Waals surface area (Å²) in [6, 6.07) is 7.90. The molecule has 23 heavy (non-hydrogen) atoms. The van der Waals surface area contributed by atoms with Crippen molar-refractivity contribution >= 4 is 17.8 Å². The van der Waals surface area contributed by atoms with E-state index < -0.39 is 5.97 Å². The summed E-state index contributed by atoms with van der Waals surface area (Å²) in [7, 11) is 0. The fourth-order valence-electron chi connectivity index (χ4n) is 2.13. The maximum Gasteiger partial charge on any atom is 0.335 e. The number of amides is 1. The fourth-order valence-corrected chi connectivity index (χ4v) is 2.13. The van der Waals surface area contributed by atoms with Crippen LogP contribution in [0.4, 0.5) is 5.88 Å². The first-order chi connectivity index (χ1) is 10.7. The number of nitrogens with one attached hydrogen (secondary N) is 1. The molecule has 1 heterocycles. The molecule has 0 radical (unpaired) electrons. The van der Waals surface area contributed by atoms with Crippen molar-refractivity contribution in [3.05, 3.63) is 47.2 Å². The predicted molar refractivity (Wildman–Crippen MR) is 85.4 cm³/mol. The molecular weight excluding hydrogens is 296 g/mol. The van der Waals surface area contributed by atoms with Crippen LogP contribution in [0.2, 0.25) is 0 Å². The molecular formula is C17H20N2O4. The number of hydrogen-bond acceptors (Lipinski definition) is 4. The molecule has 0 unspecified atom stereocenters.